The van der Waals surface area contributed by atoms with Gasteiger partial charge in [0.1, 0.15) is 10.8 Å². The summed E-state index contributed by atoms with van der Waals surface area (Å²) < 4.78 is 5.96. The summed E-state index contributed by atoms with van der Waals surface area (Å²) in [7, 11) is 1.60. The molecule has 0 unspecified atom stereocenters. The van der Waals surface area contributed by atoms with Crippen LogP contribution in [0, 0.1) is 0 Å². The Kier molecular flexibility index (Phi) is 7.31. The third-order valence-electron chi connectivity index (χ3n) is 3.95. The number of amides is 2. The molecule has 1 heterocycles. The van der Waals surface area contributed by atoms with Crippen molar-refractivity contribution in [3.8, 4) is 5.75 Å². The molecule has 0 atom stereocenters. The van der Waals surface area contributed by atoms with Crippen LogP contribution in [0.1, 0.15) is 20.9 Å². The second-order valence-electron chi connectivity index (χ2n) is 6.09. The van der Waals surface area contributed by atoms with Gasteiger partial charge in [0, 0.05) is 23.0 Å². The van der Waals surface area contributed by atoms with Crippen molar-refractivity contribution in [1.82, 2.24) is 15.5 Å². The molecule has 3 aromatic rings. The third kappa shape index (κ3) is 6.37. The molecule has 29 heavy (non-hydrogen) atoms. The molecule has 0 spiro atoms. The molecular weight excluding hydrogens is 456 g/mol. The second kappa shape index (κ2) is 10.1. The minimum absolute atomic E-state index is 0.149. The van der Waals surface area contributed by atoms with Crippen molar-refractivity contribution >= 4 is 44.2 Å². The van der Waals surface area contributed by atoms with E-state index < -0.39 is 0 Å². The molecule has 0 fully saturated rings. The lowest BCUT2D eigenvalue weighted by Gasteiger charge is -2.04. The number of carbonyl (C=O) groups excluding carboxylic acids is 2. The SMILES string of the molecule is COc1ccc(CC(=O)Nc2nnc(CCNC(=O)c3cccc(Br)c3)s2)cc1. The van der Waals surface area contributed by atoms with E-state index in [1.165, 1.54) is 11.3 Å². The van der Waals surface area contributed by atoms with Gasteiger partial charge in [-0.05, 0) is 35.9 Å². The molecule has 0 saturated heterocycles. The molecule has 0 radical (unpaired) electrons. The second-order valence-corrected chi connectivity index (χ2v) is 8.07. The number of halogens is 1. The fourth-order valence-corrected chi connectivity index (χ4v) is 3.67. The Morgan fingerprint density at radius 1 is 1.14 bits per heavy atom. The van der Waals surface area contributed by atoms with E-state index in [9.17, 15) is 9.59 Å². The third-order valence-corrected chi connectivity index (χ3v) is 5.34. The topological polar surface area (TPSA) is 93.2 Å². The summed E-state index contributed by atoms with van der Waals surface area (Å²) in [5, 5.41) is 14.8. The minimum Gasteiger partial charge on any atom is -0.497 e. The lowest BCUT2D eigenvalue weighted by atomic mass is 10.1. The van der Waals surface area contributed by atoms with Crippen LogP contribution in [-0.2, 0) is 17.6 Å². The van der Waals surface area contributed by atoms with Crippen molar-refractivity contribution in [3.05, 3.63) is 69.1 Å². The number of hydrogen-bond donors (Lipinski definition) is 2. The van der Waals surface area contributed by atoms with Gasteiger partial charge in [0.05, 0.1) is 13.5 Å². The highest BCUT2D eigenvalue weighted by molar-refractivity contribution is 9.10. The number of hydrogen-bond acceptors (Lipinski definition) is 6. The van der Waals surface area contributed by atoms with Crippen molar-refractivity contribution in [3.63, 3.8) is 0 Å². The lowest BCUT2D eigenvalue weighted by molar-refractivity contribution is -0.115. The van der Waals surface area contributed by atoms with Crippen LogP contribution < -0.4 is 15.4 Å². The zero-order valence-corrected chi connectivity index (χ0v) is 18.0. The number of rotatable bonds is 8. The van der Waals surface area contributed by atoms with Crippen LogP contribution in [0.4, 0.5) is 5.13 Å². The Bertz CT molecular complexity index is 991. The predicted octanol–water partition coefficient (Wildman–Crippen LogP) is 3.46. The average molecular weight is 475 g/mol. The Morgan fingerprint density at radius 3 is 2.66 bits per heavy atom. The number of carbonyl (C=O) groups is 2. The minimum atomic E-state index is -0.166. The molecule has 0 aliphatic carbocycles. The van der Waals surface area contributed by atoms with E-state index in [2.05, 4.69) is 36.8 Å². The van der Waals surface area contributed by atoms with Crippen LogP contribution in [-0.4, -0.2) is 35.7 Å². The molecule has 2 N–H and O–H groups in total. The Hall–Kier alpha value is -2.78. The van der Waals surface area contributed by atoms with Crippen molar-refractivity contribution < 1.29 is 14.3 Å². The van der Waals surface area contributed by atoms with Crippen molar-refractivity contribution in [1.29, 1.82) is 0 Å². The molecular formula is C20H19BrN4O3S. The molecule has 0 saturated carbocycles. The monoisotopic (exact) mass is 474 g/mol. The van der Waals surface area contributed by atoms with E-state index in [0.717, 1.165) is 20.8 Å². The number of ether oxygens (including phenoxy) is 1. The predicted molar refractivity (Wildman–Crippen MR) is 115 cm³/mol. The quantitative estimate of drug-likeness (QED) is 0.521. The van der Waals surface area contributed by atoms with Gasteiger partial charge in [-0.3, -0.25) is 9.59 Å². The zero-order valence-electron chi connectivity index (χ0n) is 15.6. The maximum Gasteiger partial charge on any atom is 0.251 e. The highest BCUT2D eigenvalue weighted by atomic mass is 79.9. The van der Waals surface area contributed by atoms with E-state index in [-0.39, 0.29) is 18.2 Å². The van der Waals surface area contributed by atoms with Gasteiger partial charge in [0.2, 0.25) is 11.0 Å². The molecule has 0 bridgehead atoms. The van der Waals surface area contributed by atoms with Crippen LogP contribution in [0.15, 0.2) is 53.0 Å². The molecule has 150 valence electrons. The van der Waals surface area contributed by atoms with Gasteiger partial charge in [0.25, 0.3) is 5.91 Å². The van der Waals surface area contributed by atoms with E-state index in [0.29, 0.717) is 23.7 Å². The lowest BCUT2D eigenvalue weighted by Crippen LogP contribution is -2.25. The summed E-state index contributed by atoms with van der Waals surface area (Å²) in [6, 6.07) is 14.5. The number of benzene rings is 2. The van der Waals surface area contributed by atoms with Gasteiger partial charge >= 0.3 is 0 Å². The fraction of sp³-hybridized carbons (Fsp3) is 0.200. The molecule has 2 amide bonds. The van der Waals surface area contributed by atoms with E-state index in [4.69, 9.17) is 4.74 Å². The molecule has 3 rings (SSSR count). The summed E-state index contributed by atoms with van der Waals surface area (Å²) in [6.45, 7) is 0.430. The molecule has 9 heteroatoms. The van der Waals surface area contributed by atoms with Crippen LogP contribution >= 0.6 is 27.3 Å². The average Bonchev–Trinajstić information content (AvgIpc) is 3.15. The molecule has 7 nitrogen and oxygen atoms in total. The Balaban J connectivity index is 1.45. The summed E-state index contributed by atoms with van der Waals surface area (Å²) in [6.07, 6.45) is 0.771. The first-order chi connectivity index (χ1) is 14.0. The fourth-order valence-electron chi connectivity index (χ4n) is 2.51. The number of nitrogens with zero attached hydrogens (tertiary/aromatic N) is 2. The van der Waals surface area contributed by atoms with Gasteiger partial charge in [-0.1, -0.05) is 45.5 Å². The Labute approximate surface area is 180 Å². The first-order valence-corrected chi connectivity index (χ1v) is 10.4. The van der Waals surface area contributed by atoms with Gasteiger partial charge in [-0.2, -0.15) is 0 Å². The van der Waals surface area contributed by atoms with Crippen LogP contribution in [0.3, 0.4) is 0 Å². The molecule has 2 aromatic carbocycles. The smallest absolute Gasteiger partial charge is 0.251 e. The van der Waals surface area contributed by atoms with Gasteiger partial charge in [0.15, 0.2) is 0 Å². The van der Waals surface area contributed by atoms with E-state index >= 15 is 0 Å². The van der Waals surface area contributed by atoms with E-state index in [1.54, 1.807) is 19.2 Å². The first-order valence-electron chi connectivity index (χ1n) is 8.82. The summed E-state index contributed by atoms with van der Waals surface area (Å²) in [5.74, 6) is 0.430. The van der Waals surface area contributed by atoms with Crippen LogP contribution in [0.25, 0.3) is 0 Å². The molecule has 1 aromatic heterocycles. The molecule has 0 aliphatic heterocycles. The van der Waals surface area contributed by atoms with Gasteiger partial charge in [-0.25, -0.2) is 0 Å². The van der Waals surface area contributed by atoms with Gasteiger partial charge < -0.3 is 15.4 Å². The van der Waals surface area contributed by atoms with Crippen LogP contribution in [0.2, 0.25) is 0 Å². The maximum atomic E-state index is 12.2. The van der Waals surface area contributed by atoms with Gasteiger partial charge in [-0.15, -0.1) is 10.2 Å². The number of aromatic nitrogens is 2. The first kappa shape index (κ1) is 20.9. The zero-order chi connectivity index (χ0) is 20.6. The van der Waals surface area contributed by atoms with E-state index in [1.807, 2.05) is 36.4 Å². The highest BCUT2D eigenvalue weighted by Gasteiger charge is 2.10. The largest absolute Gasteiger partial charge is 0.497 e. The summed E-state index contributed by atoms with van der Waals surface area (Å²) in [5.41, 5.74) is 1.46. The number of nitrogens with one attached hydrogen (secondary N) is 2. The summed E-state index contributed by atoms with van der Waals surface area (Å²) in [4.78, 5) is 24.3. The van der Waals surface area contributed by atoms with Crippen molar-refractivity contribution in [2.75, 3.05) is 19.0 Å². The normalized spacial score (nSPS) is 10.4. The maximum absolute atomic E-state index is 12.2. The highest BCUT2D eigenvalue weighted by Crippen LogP contribution is 2.17. The number of anilines is 1. The molecule has 0 aliphatic rings. The standard InChI is InChI=1S/C20H19BrN4O3S/c1-28-16-7-5-13(6-8-16)11-17(26)23-20-25-24-18(29-20)9-10-22-19(27)14-3-2-4-15(21)12-14/h2-8,12H,9-11H2,1H3,(H,22,27)(H,23,25,26). The van der Waals surface area contributed by atoms with Crippen LogP contribution in [0.5, 0.6) is 5.75 Å². The summed E-state index contributed by atoms with van der Waals surface area (Å²) >= 11 is 4.64. The van der Waals surface area contributed by atoms with Crippen molar-refractivity contribution in [2.24, 2.45) is 0 Å². The number of methoxy groups -OCH3 is 1. The Morgan fingerprint density at radius 2 is 1.93 bits per heavy atom. The van der Waals surface area contributed by atoms with Crippen molar-refractivity contribution in [2.45, 2.75) is 12.8 Å².